The molecule has 0 unspecified atom stereocenters. The van der Waals surface area contributed by atoms with Crippen LogP contribution in [-0.4, -0.2) is 4.99 Å². The van der Waals surface area contributed by atoms with E-state index >= 15 is 0 Å². The largest absolute Gasteiger partial charge is 0.389 e. The van der Waals surface area contributed by atoms with E-state index in [1.807, 2.05) is 25.1 Å². The van der Waals surface area contributed by atoms with Gasteiger partial charge in [0.15, 0.2) is 5.82 Å². The maximum Gasteiger partial charge on any atom is 0.160 e. The van der Waals surface area contributed by atoms with Crippen molar-refractivity contribution in [1.82, 2.24) is 0 Å². The molecule has 2 rings (SSSR count). The molecule has 0 spiro atoms. The first kappa shape index (κ1) is 15.0. The molecule has 0 aliphatic carbocycles. The van der Waals surface area contributed by atoms with E-state index in [0.717, 1.165) is 11.3 Å². The molecule has 2 aromatic rings. The molecule has 2 nitrogen and oxygen atoms in total. The highest BCUT2D eigenvalue weighted by Crippen LogP contribution is 2.30. The summed E-state index contributed by atoms with van der Waals surface area (Å²) in [6.45, 7) is 1.94. The Morgan fingerprint density at radius 1 is 1.20 bits per heavy atom. The first-order valence-corrected chi connectivity index (χ1v) is 6.87. The molecule has 0 atom stereocenters. The standard InChI is InChI=1S/C14H11Cl2FN2S/c1-7-2-3-9(14(18)20)12(4-7)19-8-5-10(15)13(17)11(16)6-8/h2-6,19H,1H3,(H2,18,20). The summed E-state index contributed by atoms with van der Waals surface area (Å²) in [6, 6.07) is 8.53. The van der Waals surface area contributed by atoms with E-state index in [2.05, 4.69) is 5.32 Å². The summed E-state index contributed by atoms with van der Waals surface area (Å²) >= 11 is 16.5. The van der Waals surface area contributed by atoms with E-state index in [0.29, 0.717) is 11.3 Å². The van der Waals surface area contributed by atoms with E-state index in [1.54, 1.807) is 0 Å². The van der Waals surface area contributed by atoms with E-state index < -0.39 is 5.82 Å². The van der Waals surface area contributed by atoms with Crippen LogP contribution in [-0.2, 0) is 0 Å². The van der Waals surface area contributed by atoms with Crippen molar-refractivity contribution in [3.63, 3.8) is 0 Å². The maximum absolute atomic E-state index is 13.4. The van der Waals surface area contributed by atoms with Crippen molar-refractivity contribution < 1.29 is 4.39 Å². The number of halogens is 3. The predicted molar refractivity (Wildman–Crippen MR) is 86.8 cm³/mol. The van der Waals surface area contributed by atoms with Gasteiger partial charge in [-0.1, -0.05) is 41.5 Å². The number of nitrogens with one attached hydrogen (secondary N) is 1. The van der Waals surface area contributed by atoms with Crippen molar-refractivity contribution in [3.05, 3.63) is 57.3 Å². The van der Waals surface area contributed by atoms with E-state index in [1.165, 1.54) is 12.1 Å². The van der Waals surface area contributed by atoms with Gasteiger partial charge in [-0.05, 0) is 36.8 Å². The lowest BCUT2D eigenvalue weighted by atomic mass is 10.1. The Hall–Kier alpha value is -1.36. The van der Waals surface area contributed by atoms with Gasteiger partial charge in [-0.2, -0.15) is 0 Å². The van der Waals surface area contributed by atoms with Crippen LogP contribution in [0, 0.1) is 12.7 Å². The van der Waals surface area contributed by atoms with Crippen LogP contribution in [0.25, 0.3) is 0 Å². The monoisotopic (exact) mass is 328 g/mol. The van der Waals surface area contributed by atoms with E-state index in [4.69, 9.17) is 41.2 Å². The Balaban J connectivity index is 2.44. The Morgan fingerprint density at radius 2 is 1.80 bits per heavy atom. The van der Waals surface area contributed by atoms with Gasteiger partial charge < -0.3 is 11.1 Å². The van der Waals surface area contributed by atoms with Crippen LogP contribution in [0.2, 0.25) is 10.0 Å². The molecule has 0 aromatic heterocycles. The molecule has 2 aromatic carbocycles. The maximum atomic E-state index is 13.4. The molecule has 0 aliphatic heterocycles. The summed E-state index contributed by atoms with van der Waals surface area (Å²) in [5.74, 6) is -0.641. The van der Waals surface area contributed by atoms with Crippen LogP contribution in [0.1, 0.15) is 11.1 Å². The third-order valence-electron chi connectivity index (χ3n) is 2.70. The van der Waals surface area contributed by atoms with Crippen LogP contribution in [0.3, 0.4) is 0 Å². The average molecular weight is 329 g/mol. The Labute approximate surface area is 131 Å². The van der Waals surface area contributed by atoms with Crippen molar-refractivity contribution >= 4 is 51.8 Å². The quantitative estimate of drug-likeness (QED) is 0.626. The fourth-order valence-corrected chi connectivity index (χ4v) is 2.42. The zero-order valence-corrected chi connectivity index (χ0v) is 12.8. The highest BCUT2D eigenvalue weighted by Gasteiger charge is 2.10. The predicted octanol–water partition coefficient (Wildman–Crippen LogP) is 4.82. The molecule has 0 radical (unpaired) electrons. The van der Waals surface area contributed by atoms with Gasteiger partial charge in [-0.25, -0.2) is 4.39 Å². The molecular formula is C14H11Cl2FN2S. The molecule has 0 saturated heterocycles. The summed E-state index contributed by atoms with van der Waals surface area (Å²) in [6.07, 6.45) is 0. The first-order valence-electron chi connectivity index (χ1n) is 5.70. The Bertz CT molecular complexity index is 666. The number of aryl methyl sites for hydroxylation is 1. The summed E-state index contributed by atoms with van der Waals surface area (Å²) in [5.41, 5.74) is 8.69. The zero-order valence-electron chi connectivity index (χ0n) is 10.5. The van der Waals surface area contributed by atoms with Gasteiger partial charge in [0.25, 0.3) is 0 Å². The average Bonchev–Trinajstić information content (AvgIpc) is 2.35. The number of rotatable bonds is 3. The molecule has 104 valence electrons. The second-order valence-electron chi connectivity index (χ2n) is 4.29. The SMILES string of the molecule is Cc1ccc(C(N)=S)c(Nc2cc(Cl)c(F)c(Cl)c2)c1. The van der Waals surface area contributed by atoms with Crippen LogP contribution < -0.4 is 11.1 Å². The summed E-state index contributed by atoms with van der Waals surface area (Å²) < 4.78 is 13.4. The topological polar surface area (TPSA) is 38.0 Å². The van der Waals surface area contributed by atoms with Crippen LogP contribution >= 0.6 is 35.4 Å². The van der Waals surface area contributed by atoms with Crippen LogP contribution in [0.4, 0.5) is 15.8 Å². The fraction of sp³-hybridized carbons (Fsp3) is 0.0714. The highest BCUT2D eigenvalue weighted by molar-refractivity contribution is 7.80. The highest BCUT2D eigenvalue weighted by atomic mass is 35.5. The lowest BCUT2D eigenvalue weighted by molar-refractivity contribution is 0.629. The second kappa shape index (κ2) is 5.95. The van der Waals surface area contributed by atoms with Gasteiger partial charge >= 0.3 is 0 Å². The number of hydrogen-bond acceptors (Lipinski definition) is 2. The molecule has 0 heterocycles. The normalized spacial score (nSPS) is 10.4. The molecule has 6 heteroatoms. The molecule has 0 bridgehead atoms. The van der Waals surface area contributed by atoms with Gasteiger partial charge in [-0.15, -0.1) is 0 Å². The minimum absolute atomic E-state index is 0.0514. The molecule has 0 fully saturated rings. The zero-order chi connectivity index (χ0) is 14.9. The van der Waals surface area contributed by atoms with Gasteiger partial charge in [0.05, 0.1) is 10.0 Å². The van der Waals surface area contributed by atoms with Gasteiger partial charge in [0, 0.05) is 16.9 Å². The molecule has 20 heavy (non-hydrogen) atoms. The third kappa shape index (κ3) is 3.20. The number of thiocarbonyl (C=S) groups is 1. The van der Waals surface area contributed by atoms with Crippen LogP contribution in [0.5, 0.6) is 0 Å². The minimum Gasteiger partial charge on any atom is -0.389 e. The first-order chi connectivity index (χ1) is 9.38. The Kier molecular flexibility index (Phi) is 4.48. The minimum atomic E-state index is -0.641. The molecule has 0 saturated carbocycles. The lowest BCUT2D eigenvalue weighted by Crippen LogP contribution is -2.12. The van der Waals surface area contributed by atoms with Gasteiger partial charge in [0.2, 0.25) is 0 Å². The fourth-order valence-electron chi connectivity index (χ4n) is 1.76. The van der Waals surface area contributed by atoms with Gasteiger partial charge in [-0.3, -0.25) is 0 Å². The van der Waals surface area contributed by atoms with Crippen molar-refractivity contribution in [2.24, 2.45) is 5.73 Å². The summed E-state index contributed by atoms with van der Waals surface area (Å²) in [5, 5.41) is 3.00. The summed E-state index contributed by atoms with van der Waals surface area (Å²) in [4.78, 5) is 0.270. The lowest BCUT2D eigenvalue weighted by Gasteiger charge is -2.13. The second-order valence-corrected chi connectivity index (χ2v) is 5.55. The summed E-state index contributed by atoms with van der Waals surface area (Å²) in [7, 11) is 0. The van der Waals surface area contributed by atoms with Crippen molar-refractivity contribution in [2.75, 3.05) is 5.32 Å². The van der Waals surface area contributed by atoms with E-state index in [9.17, 15) is 4.39 Å². The Morgan fingerprint density at radius 3 is 2.35 bits per heavy atom. The molecular weight excluding hydrogens is 318 g/mol. The smallest absolute Gasteiger partial charge is 0.160 e. The number of anilines is 2. The van der Waals surface area contributed by atoms with Crippen molar-refractivity contribution in [1.29, 1.82) is 0 Å². The van der Waals surface area contributed by atoms with Crippen molar-refractivity contribution in [3.8, 4) is 0 Å². The van der Waals surface area contributed by atoms with Crippen molar-refractivity contribution in [2.45, 2.75) is 6.92 Å². The van der Waals surface area contributed by atoms with Crippen LogP contribution in [0.15, 0.2) is 30.3 Å². The van der Waals surface area contributed by atoms with Gasteiger partial charge in [0.1, 0.15) is 4.99 Å². The molecule has 0 amide bonds. The number of nitrogens with two attached hydrogens (primary N) is 1. The number of benzene rings is 2. The number of hydrogen-bond donors (Lipinski definition) is 2. The molecule has 3 N–H and O–H groups in total. The molecule has 0 aliphatic rings. The third-order valence-corrected chi connectivity index (χ3v) is 3.47. The van der Waals surface area contributed by atoms with E-state index in [-0.39, 0.29) is 15.0 Å².